The van der Waals surface area contributed by atoms with Crippen LogP contribution in [0.15, 0.2) is 69.6 Å². The Kier molecular flexibility index (Phi) is 3.04. The summed E-state index contributed by atoms with van der Waals surface area (Å²) in [6.45, 7) is 0. The van der Waals surface area contributed by atoms with Crippen LogP contribution in [0, 0.1) is 4.91 Å². The molecule has 0 atom stereocenters. The van der Waals surface area contributed by atoms with Gasteiger partial charge in [0.1, 0.15) is 0 Å². The van der Waals surface area contributed by atoms with E-state index in [0.717, 1.165) is 27.6 Å². The minimum absolute atomic E-state index is 0.685. The number of aromatic nitrogens is 1. The average molecular weight is 346 g/mol. The summed E-state index contributed by atoms with van der Waals surface area (Å²) in [7, 11) is 0. The summed E-state index contributed by atoms with van der Waals surface area (Å²) < 4.78 is 4.67. The standard InChI is InChI=1S/C19H10N2OS2/c22-21-24-19-20-18-16(23-19)10-9-15-13-7-2-1-5-11(13)12-6-3-4-8-14(12)17(15)18/h1-10H. The molecule has 1 heterocycles. The summed E-state index contributed by atoms with van der Waals surface area (Å²) in [6.07, 6.45) is 0. The summed E-state index contributed by atoms with van der Waals surface area (Å²) in [5.41, 5.74) is 0.950. The molecule has 0 radical (unpaired) electrons. The van der Waals surface area contributed by atoms with Gasteiger partial charge in [-0.2, -0.15) is 0 Å². The third kappa shape index (κ3) is 1.89. The van der Waals surface area contributed by atoms with E-state index in [9.17, 15) is 4.91 Å². The molecule has 0 fully saturated rings. The second kappa shape index (κ2) is 5.26. The zero-order valence-electron chi connectivity index (χ0n) is 12.4. The van der Waals surface area contributed by atoms with Gasteiger partial charge in [0.2, 0.25) is 0 Å². The van der Waals surface area contributed by atoms with Gasteiger partial charge in [0.05, 0.1) is 22.2 Å². The molecule has 0 saturated heterocycles. The van der Waals surface area contributed by atoms with Crippen LogP contribution in [0.5, 0.6) is 0 Å². The number of hydrogen-bond donors (Lipinski definition) is 0. The molecule has 0 N–H and O–H groups in total. The Hall–Kier alpha value is -2.50. The lowest BCUT2D eigenvalue weighted by atomic mass is 9.94. The molecule has 4 aromatic carbocycles. The Labute approximate surface area is 145 Å². The molecule has 5 aromatic rings. The van der Waals surface area contributed by atoms with Crippen LogP contribution in [0.2, 0.25) is 0 Å². The molecule has 114 valence electrons. The largest absolute Gasteiger partial charge is 0.227 e. The van der Waals surface area contributed by atoms with Gasteiger partial charge in [0.15, 0.2) is 4.34 Å². The maximum atomic E-state index is 10.6. The summed E-state index contributed by atoms with van der Waals surface area (Å²) in [4.78, 5) is 15.3. The topological polar surface area (TPSA) is 42.3 Å². The predicted molar refractivity (Wildman–Crippen MR) is 104 cm³/mol. The van der Waals surface area contributed by atoms with E-state index < -0.39 is 0 Å². The molecule has 5 rings (SSSR count). The molecule has 0 bridgehead atoms. The van der Waals surface area contributed by atoms with Crippen molar-refractivity contribution in [2.75, 3.05) is 0 Å². The zero-order chi connectivity index (χ0) is 16.1. The fourth-order valence-corrected chi connectivity index (χ4v) is 4.84. The van der Waals surface area contributed by atoms with E-state index in [-0.39, 0.29) is 0 Å². The van der Waals surface area contributed by atoms with Crippen LogP contribution < -0.4 is 0 Å². The van der Waals surface area contributed by atoms with Gasteiger partial charge in [-0.3, -0.25) is 0 Å². The van der Waals surface area contributed by atoms with E-state index in [1.807, 2.05) is 0 Å². The number of rotatable bonds is 2. The van der Waals surface area contributed by atoms with Gasteiger partial charge in [-0.25, -0.2) is 4.98 Å². The number of benzene rings is 4. The molecule has 3 nitrogen and oxygen atoms in total. The summed E-state index contributed by atoms with van der Waals surface area (Å²) in [5, 5.41) is 7.23. The highest BCUT2D eigenvalue weighted by molar-refractivity contribution is 7.99. The summed E-state index contributed by atoms with van der Waals surface area (Å²) in [5.74, 6) is 0. The molecular formula is C19H10N2OS2. The first-order chi connectivity index (χ1) is 11.9. The Bertz CT molecular complexity index is 1220. The van der Waals surface area contributed by atoms with E-state index in [4.69, 9.17) is 0 Å². The minimum atomic E-state index is 0.685. The molecule has 5 heteroatoms. The average Bonchev–Trinajstić information content (AvgIpc) is 3.04. The third-order valence-electron chi connectivity index (χ3n) is 4.36. The quantitative estimate of drug-likeness (QED) is 0.207. The SMILES string of the molecule is O=NSc1nc2c(ccc3c4ccccc4c4ccccc4c32)s1. The summed E-state index contributed by atoms with van der Waals surface area (Å²) >= 11 is 2.40. The fourth-order valence-electron chi connectivity index (χ4n) is 3.43. The highest BCUT2D eigenvalue weighted by atomic mass is 32.2. The van der Waals surface area contributed by atoms with Crippen LogP contribution in [0.4, 0.5) is 0 Å². The third-order valence-corrected chi connectivity index (χ3v) is 5.97. The monoisotopic (exact) mass is 346 g/mol. The van der Waals surface area contributed by atoms with Crippen LogP contribution in [-0.4, -0.2) is 4.98 Å². The van der Waals surface area contributed by atoms with Crippen molar-refractivity contribution in [1.82, 2.24) is 4.98 Å². The molecular weight excluding hydrogens is 336 g/mol. The number of hydrogen-bond acceptors (Lipinski definition) is 5. The van der Waals surface area contributed by atoms with Crippen molar-refractivity contribution >= 4 is 65.8 Å². The number of nitroso groups, excluding NO2 is 1. The van der Waals surface area contributed by atoms with Crippen molar-refractivity contribution in [2.45, 2.75) is 4.34 Å². The van der Waals surface area contributed by atoms with E-state index in [1.54, 1.807) is 0 Å². The Morgan fingerprint density at radius 1 is 0.792 bits per heavy atom. The van der Waals surface area contributed by atoms with Gasteiger partial charge in [-0.15, -0.1) is 16.2 Å². The minimum Gasteiger partial charge on any atom is -0.227 e. The molecule has 0 spiro atoms. The highest BCUT2D eigenvalue weighted by Gasteiger charge is 2.14. The molecule has 0 aliphatic rings. The van der Waals surface area contributed by atoms with Crippen molar-refractivity contribution in [3.63, 3.8) is 0 Å². The van der Waals surface area contributed by atoms with Gasteiger partial charge in [-0.1, -0.05) is 54.6 Å². The zero-order valence-corrected chi connectivity index (χ0v) is 14.0. The normalized spacial score (nSPS) is 11.7. The Morgan fingerprint density at radius 2 is 1.38 bits per heavy atom. The van der Waals surface area contributed by atoms with Crippen molar-refractivity contribution in [1.29, 1.82) is 0 Å². The van der Waals surface area contributed by atoms with Crippen LogP contribution in [0.1, 0.15) is 0 Å². The molecule has 0 aliphatic carbocycles. The lowest BCUT2D eigenvalue weighted by molar-refractivity contribution is 1.31. The first-order valence-corrected chi connectivity index (χ1v) is 9.08. The first kappa shape index (κ1) is 13.9. The fraction of sp³-hybridized carbons (Fsp3) is 0. The molecule has 1 aromatic heterocycles. The van der Waals surface area contributed by atoms with Crippen LogP contribution >= 0.6 is 23.3 Å². The highest BCUT2D eigenvalue weighted by Crippen LogP contribution is 2.41. The molecule has 0 amide bonds. The predicted octanol–water partition coefficient (Wildman–Crippen LogP) is 6.53. The van der Waals surface area contributed by atoms with Crippen LogP contribution in [-0.2, 0) is 0 Å². The van der Waals surface area contributed by atoms with Crippen LogP contribution in [0.25, 0.3) is 42.5 Å². The smallest absolute Gasteiger partial charge is 0.177 e. The molecule has 0 saturated carbocycles. The number of nitrogens with zero attached hydrogens (tertiary/aromatic N) is 2. The second-order valence-electron chi connectivity index (χ2n) is 5.57. The van der Waals surface area contributed by atoms with Crippen molar-refractivity contribution in [3.05, 3.63) is 65.6 Å². The van der Waals surface area contributed by atoms with Crippen molar-refractivity contribution in [3.8, 4) is 0 Å². The van der Waals surface area contributed by atoms with Gasteiger partial charge in [-0.05, 0) is 33.0 Å². The second-order valence-corrected chi connectivity index (χ2v) is 7.58. The van der Waals surface area contributed by atoms with Gasteiger partial charge >= 0.3 is 0 Å². The first-order valence-electron chi connectivity index (χ1n) is 7.49. The maximum Gasteiger partial charge on any atom is 0.177 e. The van der Waals surface area contributed by atoms with Gasteiger partial charge in [0.25, 0.3) is 0 Å². The lowest BCUT2D eigenvalue weighted by Crippen LogP contribution is -1.84. The van der Waals surface area contributed by atoms with E-state index >= 15 is 0 Å². The maximum absolute atomic E-state index is 10.6. The number of thiazole rings is 1. The van der Waals surface area contributed by atoms with E-state index in [1.165, 1.54) is 38.3 Å². The van der Waals surface area contributed by atoms with E-state index in [0.29, 0.717) is 4.34 Å². The summed E-state index contributed by atoms with van der Waals surface area (Å²) in [6, 6.07) is 21.2. The molecule has 24 heavy (non-hydrogen) atoms. The number of fused-ring (bicyclic) bond motifs is 8. The van der Waals surface area contributed by atoms with Crippen molar-refractivity contribution in [2.24, 2.45) is 4.58 Å². The lowest BCUT2D eigenvalue weighted by Gasteiger charge is -2.10. The van der Waals surface area contributed by atoms with Crippen molar-refractivity contribution < 1.29 is 0 Å². The van der Waals surface area contributed by atoms with Gasteiger partial charge < -0.3 is 0 Å². The molecule has 0 unspecified atom stereocenters. The van der Waals surface area contributed by atoms with Gasteiger partial charge in [0, 0.05) is 9.97 Å². The molecule has 0 aliphatic heterocycles. The van der Waals surface area contributed by atoms with Crippen LogP contribution in [0.3, 0.4) is 0 Å². The Morgan fingerprint density at radius 3 is 2.04 bits per heavy atom. The van der Waals surface area contributed by atoms with E-state index in [2.05, 4.69) is 70.2 Å². The Balaban J connectivity index is 2.09.